The Balaban J connectivity index is 1.66. The number of halogens is 1. The van der Waals surface area contributed by atoms with Crippen LogP contribution in [0.25, 0.3) is 11.1 Å². The van der Waals surface area contributed by atoms with Crippen molar-refractivity contribution >= 4 is 39.1 Å². The predicted octanol–water partition coefficient (Wildman–Crippen LogP) is 3.32. The number of carbonyl (C=O) groups is 1. The van der Waals surface area contributed by atoms with E-state index in [0.29, 0.717) is 30.4 Å². The van der Waals surface area contributed by atoms with Crippen molar-refractivity contribution in [3.8, 4) is 5.75 Å². The van der Waals surface area contributed by atoms with Gasteiger partial charge in [-0.25, -0.2) is 4.79 Å². The molecule has 2 fully saturated rings. The molecule has 0 saturated carbocycles. The lowest BCUT2D eigenvalue weighted by Crippen LogP contribution is -2.62. The van der Waals surface area contributed by atoms with E-state index >= 15 is 0 Å². The fourth-order valence-corrected chi connectivity index (χ4v) is 4.29. The number of piperazine rings is 1. The summed E-state index contributed by atoms with van der Waals surface area (Å²) in [5, 5.41) is 9.46. The highest BCUT2D eigenvalue weighted by atomic mass is 79.9. The minimum Gasteiger partial charge on any atom is -0.497 e. The number of oxazole rings is 1. The van der Waals surface area contributed by atoms with Crippen molar-refractivity contribution in [3.63, 3.8) is 0 Å². The molecule has 1 N–H and O–H groups in total. The maximum absolute atomic E-state index is 11.5. The van der Waals surface area contributed by atoms with E-state index in [2.05, 4.69) is 25.8 Å². The van der Waals surface area contributed by atoms with Crippen LogP contribution >= 0.6 is 15.9 Å². The van der Waals surface area contributed by atoms with Gasteiger partial charge in [-0.05, 0) is 41.3 Å². The van der Waals surface area contributed by atoms with E-state index < -0.39 is 6.09 Å². The first-order valence-corrected chi connectivity index (χ1v) is 8.76. The molecule has 0 radical (unpaired) electrons. The van der Waals surface area contributed by atoms with Gasteiger partial charge in [0.15, 0.2) is 5.58 Å². The summed E-state index contributed by atoms with van der Waals surface area (Å²) >= 11 is 3.48. The number of rotatable bonds is 2. The SMILES string of the molecule is COc1cc(Br)c2oc(N3CC4CCCC(C3)N4C(=O)O)nc2c1. The molecule has 1 aromatic heterocycles. The lowest BCUT2D eigenvalue weighted by Gasteiger charge is -2.48. The largest absolute Gasteiger partial charge is 0.497 e. The fraction of sp³-hybridized carbons (Fsp3) is 0.500. The van der Waals surface area contributed by atoms with Gasteiger partial charge in [0.25, 0.3) is 6.01 Å². The van der Waals surface area contributed by atoms with Gasteiger partial charge >= 0.3 is 6.09 Å². The summed E-state index contributed by atoms with van der Waals surface area (Å²) in [5.74, 6) is 0.710. The summed E-state index contributed by atoms with van der Waals surface area (Å²) in [4.78, 5) is 19.8. The second kappa shape index (κ2) is 5.84. The number of ether oxygens (including phenoxy) is 1. The number of benzene rings is 1. The van der Waals surface area contributed by atoms with Crippen molar-refractivity contribution in [2.24, 2.45) is 0 Å². The number of amides is 1. The Morgan fingerprint density at radius 2 is 2.08 bits per heavy atom. The van der Waals surface area contributed by atoms with Crippen molar-refractivity contribution in [1.82, 2.24) is 9.88 Å². The monoisotopic (exact) mass is 395 g/mol. The van der Waals surface area contributed by atoms with Crippen LogP contribution in [-0.4, -0.2) is 53.4 Å². The number of hydrogen-bond acceptors (Lipinski definition) is 5. The van der Waals surface area contributed by atoms with Crippen molar-refractivity contribution in [1.29, 1.82) is 0 Å². The van der Waals surface area contributed by atoms with E-state index in [1.54, 1.807) is 12.0 Å². The minimum atomic E-state index is -0.825. The van der Waals surface area contributed by atoms with Gasteiger partial charge in [0.1, 0.15) is 11.3 Å². The quantitative estimate of drug-likeness (QED) is 0.839. The number of aromatic nitrogens is 1. The molecule has 3 heterocycles. The number of piperidine rings is 1. The van der Waals surface area contributed by atoms with E-state index in [1.807, 2.05) is 12.1 Å². The molecule has 2 saturated heterocycles. The van der Waals surface area contributed by atoms with Gasteiger partial charge in [-0.1, -0.05) is 0 Å². The Bertz CT molecular complexity index is 779. The summed E-state index contributed by atoms with van der Waals surface area (Å²) in [6, 6.07) is 4.22. The molecule has 128 valence electrons. The number of methoxy groups -OCH3 is 1. The Morgan fingerprint density at radius 3 is 2.71 bits per heavy atom. The second-order valence-electron chi connectivity index (χ2n) is 6.29. The molecule has 2 aliphatic rings. The summed E-state index contributed by atoms with van der Waals surface area (Å²) in [6.45, 7) is 1.23. The average Bonchev–Trinajstić information content (AvgIpc) is 2.98. The molecule has 24 heavy (non-hydrogen) atoms. The highest BCUT2D eigenvalue weighted by molar-refractivity contribution is 9.10. The topological polar surface area (TPSA) is 79.0 Å². The zero-order chi connectivity index (χ0) is 16.8. The number of fused-ring (bicyclic) bond motifs is 3. The molecule has 2 aromatic rings. The molecule has 2 bridgehead atoms. The van der Waals surface area contributed by atoms with Crippen LogP contribution in [-0.2, 0) is 0 Å². The Kier molecular flexibility index (Phi) is 3.79. The zero-order valence-corrected chi connectivity index (χ0v) is 14.8. The number of anilines is 1. The van der Waals surface area contributed by atoms with Crippen LogP contribution in [0.15, 0.2) is 21.0 Å². The molecule has 7 nitrogen and oxygen atoms in total. The first-order valence-electron chi connectivity index (χ1n) is 7.97. The molecular formula is C16H18BrN3O4. The van der Waals surface area contributed by atoms with Gasteiger partial charge in [-0.15, -0.1) is 0 Å². The normalized spacial score (nSPS) is 23.6. The molecule has 1 aromatic carbocycles. The first kappa shape index (κ1) is 15.6. The third-order valence-electron chi connectivity index (χ3n) is 4.86. The molecule has 1 amide bonds. The van der Waals surface area contributed by atoms with Crippen LogP contribution in [0.5, 0.6) is 5.75 Å². The maximum atomic E-state index is 11.5. The van der Waals surface area contributed by atoms with E-state index in [0.717, 1.165) is 29.3 Å². The number of nitrogens with zero attached hydrogens (tertiary/aromatic N) is 3. The third kappa shape index (κ3) is 2.49. The first-order chi connectivity index (χ1) is 11.6. The van der Waals surface area contributed by atoms with Crippen LogP contribution in [0.4, 0.5) is 10.8 Å². The Labute approximate surface area is 147 Å². The molecule has 2 atom stereocenters. The van der Waals surface area contributed by atoms with Crippen molar-refractivity contribution in [2.75, 3.05) is 25.1 Å². The van der Waals surface area contributed by atoms with Crippen molar-refractivity contribution < 1.29 is 19.1 Å². The minimum absolute atomic E-state index is 0.00277. The fourth-order valence-electron chi connectivity index (χ4n) is 3.78. The molecule has 2 aliphatic heterocycles. The van der Waals surface area contributed by atoms with Crippen LogP contribution < -0.4 is 9.64 Å². The molecule has 0 spiro atoms. The summed E-state index contributed by atoms with van der Waals surface area (Å²) < 4.78 is 12.0. The zero-order valence-electron chi connectivity index (χ0n) is 13.2. The van der Waals surface area contributed by atoms with Gasteiger partial charge in [0, 0.05) is 19.2 Å². The van der Waals surface area contributed by atoms with E-state index in [4.69, 9.17) is 9.15 Å². The number of hydrogen-bond donors (Lipinski definition) is 1. The Morgan fingerprint density at radius 1 is 1.38 bits per heavy atom. The molecule has 2 unspecified atom stereocenters. The average molecular weight is 396 g/mol. The van der Waals surface area contributed by atoms with E-state index in [-0.39, 0.29) is 12.1 Å². The number of carboxylic acid groups (broad SMARTS) is 1. The second-order valence-corrected chi connectivity index (χ2v) is 7.14. The Hall–Kier alpha value is -1.96. The van der Waals surface area contributed by atoms with Gasteiger partial charge < -0.3 is 19.2 Å². The van der Waals surface area contributed by atoms with Crippen molar-refractivity contribution in [3.05, 3.63) is 16.6 Å². The third-order valence-corrected chi connectivity index (χ3v) is 5.45. The highest BCUT2D eigenvalue weighted by Gasteiger charge is 2.41. The van der Waals surface area contributed by atoms with Crippen LogP contribution in [0.1, 0.15) is 19.3 Å². The van der Waals surface area contributed by atoms with E-state index in [9.17, 15) is 9.90 Å². The highest BCUT2D eigenvalue weighted by Crippen LogP contribution is 2.35. The maximum Gasteiger partial charge on any atom is 0.407 e. The smallest absolute Gasteiger partial charge is 0.407 e. The van der Waals surface area contributed by atoms with Gasteiger partial charge in [0.05, 0.1) is 23.7 Å². The van der Waals surface area contributed by atoms with Gasteiger partial charge in [-0.2, -0.15) is 4.98 Å². The van der Waals surface area contributed by atoms with Gasteiger partial charge in [-0.3, -0.25) is 4.90 Å². The summed E-state index contributed by atoms with van der Waals surface area (Å²) in [5.41, 5.74) is 1.40. The van der Waals surface area contributed by atoms with Crippen LogP contribution in [0, 0.1) is 0 Å². The van der Waals surface area contributed by atoms with Crippen LogP contribution in [0.2, 0.25) is 0 Å². The molecule has 4 rings (SSSR count). The lowest BCUT2D eigenvalue weighted by atomic mass is 9.92. The lowest BCUT2D eigenvalue weighted by molar-refractivity contribution is 0.0593. The molecule has 8 heteroatoms. The summed E-state index contributed by atoms with van der Waals surface area (Å²) in [6.07, 6.45) is 2.02. The summed E-state index contributed by atoms with van der Waals surface area (Å²) in [7, 11) is 1.61. The molecular weight excluding hydrogens is 378 g/mol. The van der Waals surface area contributed by atoms with Crippen LogP contribution in [0.3, 0.4) is 0 Å². The predicted molar refractivity (Wildman–Crippen MR) is 91.8 cm³/mol. The molecule has 0 aliphatic carbocycles. The standard InChI is InChI=1S/C16H18BrN3O4/c1-23-11-5-12(17)14-13(6-11)18-15(24-14)19-7-9-3-2-4-10(8-19)20(9)16(21)22/h5-6,9-10H,2-4,7-8H2,1H3,(H,21,22). The van der Waals surface area contributed by atoms with E-state index in [1.165, 1.54) is 0 Å². The van der Waals surface area contributed by atoms with Crippen molar-refractivity contribution in [2.45, 2.75) is 31.3 Å². The van der Waals surface area contributed by atoms with Gasteiger partial charge in [0.2, 0.25) is 0 Å².